The number of thioether (sulfide) groups is 1. The van der Waals surface area contributed by atoms with E-state index in [1.165, 1.54) is 35.5 Å². The summed E-state index contributed by atoms with van der Waals surface area (Å²) in [5.74, 6) is 0.199. The molecule has 1 aliphatic carbocycles. The molecule has 144 valence electrons. The number of aliphatic hydroxyl groups excluding tert-OH is 2. The van der Waals surface area contributed by atoms with Crippen molar-refractivity contribution in [1.82, 2.24) is 10.0 Å². The highest BCUT2D eigenvalue weighted by Gasteiger charge is 2.25. The quantitative estimate of drug-likeness (QED) is 0.295. The molecule has 3 unspecified atom stereocenters. The van der Waals surface area contributed by atoms with Crippen LogP contribution in [0.25, 0.3) is 0 Å². The van der Waals surface area contributed by atoms with Crippen LogP contribution in [-0.2, 0) is 11.9 Å². The fourth-order valence-corrected chi connectivity index (χ4v) is 3.13. The molecule has 0 aliphatic heterocycles. The largest absolute Gasteiger partial charge is 0.394 e. The van der Waals surface area contributed by atoms with Gasteiger partial charge in [0.05, 0.1) is 19.3 Å². The first-order chi connectivity index (χ1) is 12.4. The van der Waals surface area contributed by atoms with Crippen molar-refractivity contribution in [3.8, 4) is 0 Å². The second-order valence-corrected chi connectivity index (χ2v) is 6.79. The zero-order valence-corrected chi connectivity index (χ0v) is 15.9. The van der Waals surface area contributed by atoms with Crippen molar-refractivity contribution in [3.63, 3.8) is 0 Å². The van der Waals surface area contributed by atoms with Crippen LogP contribution in [0.3, 0.4) is 0 Å². The Hall–Kier alpha value is -1.36. The molecular formula is C16H21ClFN3O4S. The normalized spacial score (nSPS) is 20.8. The van der Waals surface area contributed by atoms with Crippen LogP contribution in [-0.4, -0.2) is 46.5 Å². The van der Waals surface area contributed by atoms with Gasteiger partial charge in [0.15, 0.2) is 6.23 Å². The molecule has 0 spiro atoms. The number of anilines is 1. The summed E-state index contributed by atoms with van der Waals surface area (Å²) < 4.78 is 15.6. The number of halogens is 2. The van der Waals surface area contributed by atoms with Crippen molar-refractivity contribution in [3.05, 3.63) is 50.1 Å². The minimum atomic E-state index is -1.35. The molecule has 0 saturated heterocycles. The molecule has 0 aromatic carbocycles. The summed E-state index contributed by atoms with van der Waals surface area (Å²) in [5.41, 5.74) is 2.05. The van der Waals surface area contributed by atoms with Crippen LogP contribution >= 0.6 is 23.4 Å². The standard InChI is InChI=1S/C16H21ClFN3O4S/c1-21-14(19-13-4-3-9(26-2)7-12(13)18)10(8-11(17)16(21)24)15(23)20-25-6-5-22/h3-4,7-8,12-13,15,19-20,22-23H,5-6H2,1-2H3. The summed E-state index contributed by atoms with van der Waals surface area (Å²) in [5, 5.41) is 21.9. The summed E-state index contributed by atoms with van der Waals surface area (Å²) in [4.78, 5) is 17.8. The lowest BCUT2D eigenvalue weighted by molar-refractivity contribution is -0.0676. The van der Waals surface area contributed by atoms with Crippen LogP contribution in [0.2, 0.25) is 5.02 Å². The van der Waals surface area contributed by atoms with Crippen LogP contribution in [0.15, 0.2) is 34.0 Å². The Balaban J connectivity index is 2.32. The van der Waals surface area contributed by atoms with E-state index < -0.39 is 24.0 Å². The number of aromatic nitrogens is 1. The molecule has 0 amide bonds. The third-order valence-electron chi connectivity index (χ3n) is 3.76. The molecule has 7 nitrogen and oxygen atoms in total. The van der Waals surface area contributed by atoms with Crippen LogP contribution in [0.5, 0.6) is 0 Å². The predicted octanol–water partition coefficient (Wildman–Crippen LogP) is 1.48. The summed E-state index contributed by atoms with van der Waals surface area (Å²) in [6.45, 7) is -0.279. The van der Waals surface area contributed by atoms with Gasteiger partial charge in [0.1, 0.15) is 17.0 Å². The van der Waals surface area contributed by atoms with Gasteiger partial charge in [0, 0.05) is 17.5 Å². The molecule has 0 radical (unpaired) electrons. The second kappa shape index (κ2) is 9.54. The number of aliphatic hydroxyl groups is 2. The summed E-state index contributed by atoms with van der Waals surface area (Å²) in [6, 6.07) is 0.566. The zero-order valence-electron chi connectivity index (χ0n) is 14.3. The summed E-state index contributed by atoms with van der Waals surface area (Å²) in [7, 11) is 1.46. The lowest BCUT2D eigenvalue weighted by atomic mass is 10.1. The highest BCUT2D eigenvalue weighted by Crippen LogP contribution is 2.27. The van der Waals surface area contributed by atoms with E-state index in [9.17, 15) is 14.3 Å². The topological polar surface area (TPSA) is 95.8 Å². The SMILES string of the molecule is CSC1=CC(F)C(Nc2c(C(O)NOCCO)cc(Cl)c(=O)n2C)C=C1. The third kappa shape index (κ3) is 4.87. The number of rotatable bonds is 8. The third-order valence-corrected chi connectivity index (χ3v) is 4.77. The van der Waals surface area contributed by atoms with Crippen molar-refractivity contribution in [2.24, 2.45) is 7.05 Å². The number of hydroxylamine groups is 1. The van der Waals surface area contributed by atoms with E-state index in [2.05, 4.69) is 10.8 Å². The molecule has 3 atom stereocenters. The average molecular weight is 406 g/mol. The van der Waals surface area contributed by atoms with Crippen LogP contribution in [0.1, 0.15) is 11.8 Å². The second-order valence-electron chi connectivity index (χ2n) is 5.50. The molecule has 26 heavy (non-hydrogen) atoms. The van der Waals surface area contributed by atoms with Gasteiger partial charge in [0.2, 0.25) is 0 Å². The molecule has 0 saturated carbocycles. The maximum absolute atomic E-state index is 14.4. The minimum Gasteiger partial charge on any atom is -0.394 e. The molecule has 2 rings (SSSR count). The molecule has 0 fully saturated rings. The van der Waals surface area contributed by atoms with Crippen LogP contribution in [0, 0.1) is 0 Å². The van der Waals surface area contributed by atoms with Gasteiger partial charge in [-0.2, -0.15) is 5.48 Å². The van der Waals surface area contributed by atoms with Crippen molar-refractivity contribution in [2.45, 2.75) is 18.4 Å². The fourth-order valence-electron chi connectivity index (χ4n) is 2.40. The van der Waals surface area contributed by atoms with Gasteiger partial charge in [-0.1, -0.05) is 23.8 Å². The van der Waals surface area contributed by atoms with E-state index in [1.807, 2.05) is 6.26 Å². The van der Waals surface area contributed by atoms with E-state index in [0.717, 1.165) is 4.91 Å². The highest BCUT2D eigenvalue weighted by atomic mass is 35.5. The lowest BCUT2D eigenvalue weighted by Crippen LogP contribution is -2.35. The molecule has 1 aromatic rings. The Kier molecular flexibility index (Phi) is 7.69. The fraction of sp³-hybridized carbons (Fsp3) is 0.438. The smallest absolute Gasteiger partial charge is 0.270 e. The highest BCUT2D eigenvalue weighted by molar-refractivity contribution is 8.02. The number of hydrogen-bond acceptors (Lipinski definition) is 7. The molecule has 0 bridgehead atoms. The first-order valence-electron chi connectivity index (χ1n) is 7.79. The predicted molar refractivity (Wildman–Crippen MR) is 101 cm³/mol. The molecule has 4 N–H and O–H groups in total. The molecule has 1 aliphatic rings. The van der Waals surface area contributed by atoms with Crippen molar-refractivity contribution in [2.75, 3.05) is 24.8 Å². The number of pyridine rings is 1. The molecule has 10 heteroatoms. The summed E-state index contributed by atoms with van der Waals surface area (Å²) in [6.07, 6.45) is 4.11. The number of hydrogen-bond donors (Lipinski definition) is 4. The maximum Gasteiger partial charge on any atom is 0.270 e. The van der Waals surface area contributed by atoms with Crippen molar-refractivity contribution >= 4 is 29.2 Å². The van der Waals surface area contributed by atoms with E-state index in [0.29, 0.717) is 0 Å². The average Bonchev–Trinajstić information content (AvgIpc) is 2.63. The molecule has 1 heterocycles. The van der Waals surface area contributed by atoms with Crippen LogP contribution < -0.4 is 16.4 Å². The van der Waals surface area contributed by atoms with Crippen LogP contribution in [0.4, 0.5) is 10.2 Å². The Morgan fingerprint density at radius 2 is 2.27 bits per heavy atom. The van der Waals surface area contributed by atoms with E-state index in [4.69, 9.17) is 21.5 Å². The monoisotopic (exact) mass is 405 g/mol. The Bertz CT molecular complexity index is 756. The molecular weight excluding hydrogens is 385 g/mol. The van der Waals surface area contributed by atoms with E-state index >= 15 is 0 Å². The Labute approximate surface area is 159 Å². The van der Waals surface area contributed by atoms with Gasteiger partial charge < -0.3 is 15.5 Å². The van der Waals surface area contributed by atoms with E-state index in [1.54, 1.807) is 12.2 Å². The maximum atomic E-state index is 14.4. The number of alkyl halides is 1. The van der Waals surface area contributed by atoms with Gasteiger partial charge in [-0.3, -0.25) is 14.2 Å². The van der Waals surface area contributed by atoms with Gasteiger partial charge in [-0.05, 0) is 18.4 Å². The minimum absolute atomic E-state index is 0.0422. The Morgan fingerprint density at radius 1 is 1.54 bits per heavy atom. The van der Waals surface area contributed by atoms with Gasteiger partial charge in [-0.25, -0.2) is 4.39 Å². The number of allylic oxidation sites excluding steroid dienone is 1. The van der Waals surface area contributed by atoms with Gasteiger partial charge in [-0.15, -0.1) is 11.8 Å². The molecule has 1 aromatic heterocycles. The van der Waals surface area contributed by atoms with Gasteiger partial charge >= 0.3 is 0 Å². The zero-order chi connectivity index (χ0) is 19.3. The number of nitrogens with zero attached hydrogens (tertiary/aromatic N) is 1. The van der Waals surface area contributed by atoms with Crippen molar-refractivity contribution in [1.29, 1.82) is 0 Å². The van der Waals surface area contributed by atoms with Crippen molar-refractivity contribution < 1.29 is 19.4 Å². The van der Waals surface area contributed by atoms with E-state index in [-0.39, 0.29) is 29.6 Å². The lowest BCUT2D eigenvalue weighted by Gasteiger charge is -2.26. The summed E-state index contributed by atoms with van der Waals surface area (Å²) >= 11 is 7.36. The first-order valence-corrected chi connectivity index (χ1v) is 9.39. The number of nitrogens with one attached hydrogen (secondary N) is 2. The first kappa shape index (κ1) is 20.9. The Morgan fingerprint density at radius 3 is 2.88 bits per heavy atom. The van der Waals surface area contributed by atoms with Gasteiger partial charge in [0.25, 0.3) is 5.56 Å².